The van der Waals surface area contributed by atoms with Gasteiger partial charge >= 0.3 is 5.97 Å². The molecule has 70 valence electrons. The molecular weight excluding hydrogens is 347 g/mol. The van der Waals surface area contributed by atoms with Gasteiger partial charge in [0.15, 0.2) is 0 Å². The van der Waals surface area contributed by atoms with E-state index in [9.17, 15) is 4.79 Å². The van der Waals surface area contributed by atoms with Crippen LogP contribution in [0.3, 0.4) is 0 Å². The zero-order chi connectivity index (χ0) is 9.84. The molecule has 1 aromatic carbocycles. The number of halogens is 2. The molecule has 4 heteroatoms. The Morgan fingerprint density at radius 2 is 2.31 bits per heavy atom. The minimum atomic E-state index is -0.212. The minimum Gasteiger partial charge on any atom is -0.469 e. The fraction of sp³-hybridized carbons (Fsp3) is 0.222. The second kappa shape index (κ2) is 4.95. The van der Waals surface area contributed by atoms with Crippen LogP contribution < -0.4 is 0 Å². The third-order valence-electron chi connectivity index (χ3n) is 1.57. The molecule has 0 fully saturated rings. The fourth-order valence-electron chi connectivity index (χ4n) is 0.906. The predicted octanol–water partition coefficient (Wildman–Crippen LogP) is 2.77. The average Bonchev–Trinajstić information content (AvgIpc) is 2.11. The lowest BCUT2D eigenvalue weighted by atomic mass is 10.2. The maximum absolute atomic E-state index is 11.0. The Morgan fingerprint density at radius 1 is 1.62 bits per heavy atom. The van der Waals surface area contributed by atoms with Gasteiger partial charge < -0.3 is 4.74 Å². The fourth-order valence-corrected chi connectivity index (χ4v) is 1.84. The van der Waals surface area contributed by atoms with Gasteiger partial charge in [0.1, 0.15) is 0 Å². The quantitative estimate of drug-likeness (QED) is 0.603. The highest BCUT2D eigenvalue weighted by atomic mass is 127. The number of rotatable bonds is 2. The normalized spacial score (nSPS) is 9.77. The number of carbonyl (C=O) groups is 1. The Hall–Kier alpha value is -0.100. The van der Waals surface area contributed by atoms with Gasteiger partial charge in [0.25, 0.3) is 0 Å². The van der Waals surface area contributed by atoms with Crippen molar-refractivity contribution < 1.29 is 9.53 Å². The maximum atomic E-state index is 11.0. The summed E-state index contributed by atoms with van der Waals surface area (Å²) < 4.78 is 6.65. The summed E-state index contributed by atoms with van der Waals surface area (Å²) in [5.41, 5.74) is 0.988. The van der Waals surface area contributed by atoms with Crippen LogP contribution in [0, 0.1) is 3.57 Å². The first-order valence-corrected chi connectivity index (χ1v) is 5.51. The van der Waals surface area contributed by atoms with Crippen LogP contribution in [0.2, 0.25) is 0 Å². The van der Waals surface area contributed by atoms with Gasteiger partial charge in [-0.1, -0.05) is 15.9 Å². The van der Waals surface area contributed by atoms with E-state index >= 15 is 0 Å². The van der Waals surface area contributed by atoms with Crippen molar-refractivity contribution in [1.82, 2.24) is 0 Å². The molecule has 0 radical (unpaired) electrons. The monoisotopic (exact) mass is 354 g/mol. The molecule has 0 atom stereocenters. The highest BCUT2D eigenvalue weighted by Gasteiger charge is 2.06. The first-order valence-electron chi connectivity index (χ1n) is 3.64. The van der Waals surface area contributed by atoms with E-state index in [1.165, 1.54) is 7.11 Å². The molecule has 0 aliphatic heterocycles. The van der Waals surface area contributed by atoms with E-state index in [2.05, 4.69) is 43.3 Å². The first-order chi connectivity index (χ1) is 6.13. The Labute approximate surface area is 98.9 Å². The molecule has 0 spiro atoms. The van der Waals surface area contributed by atoms with Crippen molar-refractivity contribution in [2.75, 3.05) is 7.11 Å². The van der Waals surface area contributed by atoms with Crippen LogP contribution in [-0.2, 0) is 16.0 Å². The number of ether oxygens (including phenoxy) is 1. The Morgan fingerprint density at radius 3 is 2.92 bits per heavy atom. The smallest absolute Gasteiger partial charge is 0.310 e. The third kappa shape index (κ3) is 3.27. The van der Waals surface area contributed by atoms with Crippen molar-refractivity contribution in [3.05, 3.63) is 31.8 Å². The Kier molecular flexibility index (Phi) is 4.18. The van der Waals surface area contributed by atoms with E-state index in [0.29, 0.717) is 6.42 Å². The summed E-state index contributed by atoms with van der Waals surface area (Å²) >= 11 is 5.55. The topological polar surface area (TPSA) is 26.3 Å². The number of hydrogen-bond acceptors (Lipinski definition) is 2. The lowest BCUT2D eigenvalue weighted by molar-refractivity contribution is -0.139. The molecular formula is C9H8BrIO2. The maximum Gasteiger partial charge on any atom is 0.310 e. The molecule has 2 nitrogen and oxygen atoms in total. The van der Waals surface area contributed by atoms with Crippen LogP contribution in [0.4, 0.5) is 0 Å². The third-order valence-corrected chi connectivity index (χ3v) is 3.12. The van der Waals surface area contributed by atoms with Gasteiger partial charge in [0.05, 0.1) is 13.5 Å². The van der Waals surface area contributed by atoms with Crippen molar-refractivity contribution in [2.24, 2.45) is 0 Å². The van der Waals surface area contributed by atoms with Gasteiger partial charge in [-0.15, -0.1) is 0 Å². The second-order valence-electron chi connectivity index (χ2n) is 2.49. The Bertz CT molecular complexity index is 325. The minimum absolute atomic E-state index is 0.212. The second-order valence-corrected chi connectivity index (χ2v) is 4.57. The van der Waals surface area contributed by atoms with Gasteiger partial charge in [-0.05, 0) is 46.4 Å². The molecule has 0 amide bonds. The SMILES string of the molecule is COC(=O)Cc1cc(Br)ccc1I. The molecule has 13 heavy (non-hydrogen) atoms. The van der Waals surface area contributed by atoms with Gasteiger partial charge in [-0.25, -0.2) is 0 Å². The molecule has 0 saturated carbocycles. The first kappa shape index (κ1) is 11.0. The number of carbonyl (C=O) groups excluding carboxylic acids is 1. The zero-order valence-electron chi connectivity index (χ0n) is 7.01. The molecule has 0 heterocycles. The average molecular weight is 355 g/mol. The van der Waals surface area contributed by atoms with Crippen LogP contribution in [-0.4, -0.2) is 13.1 Å². The van der Waals surface area contributed by atoms with E-state index in [4.69, 9.17) is 0 Å². The van der Waals surface area contributed by atoms with Crippen molar-refractivity contribution in [1.29, 1.82) is 0 Å². The van der Waals surface area contributed by atoms with E-state index in [1.54, 1.807) is 0 Å². The summed E-state index contributed by atoms with van der Waals surface area (Å²) in [6, 6.07) is 5.84. The summed E-state index contributed by atoms with van der Waals surface area (Å²) in [7, 11) is 1.40. The van der Waals surface area contributed by atoms with E-state index in [-0.39, 0.29) is 5.97 Å². The van der Waals surface area contributed by atoms with Crippen LogP contribution in [0.5, 0.6) is 0 Å². The van der Waals surface area contributed by atoms with Gasteiger partial charge in [-0.3, -0.25) is 4.79 Å². The molecule has 0 aliphatic rings. The highest BCUT2D eigenvalue weighted by Crippen LogP contribution is 2.18. The molecule has 0 aromatic heterocycles. The molecule has 0 aliphatic carbocycles. The van der Waals surface area contributed by atoms with E-state index in [0.717, 1.165) is 13.6 Å². The number of benzene rings is 1. The molecule has 1 aromatic rings. The molecule has 0 unspecified atom stereocenters. The van der Waals surface area contributed by atoms with Gasteiger partial charge in [0, 0.05) is 8.04 Å². The van der Waals surface area contributed by atoms with Crippen molar-refractivity contribution in [3.63, 3.8) is 0 Å². The van der Waals surface area contributed by atoms with Gasteiger partial charge in [-0.2, -0.15) is 0 Å². The van der Waals surface area contributed by atoms with Crippen LogP contribution in [0.25, 0.3) is 0 Å². The molecule has 0 saturated heterocycles. The van der Waals surface area contributed by atoms with Crippen molar-refractivity contribution in [2.45, 2.75) is 6.42 Å². The zero-order valence-corrected chi connectivity index (χ0v) is 10.8. The summed E-state index contributed by atoms with van der Waals surface area (Å²) in [6.45, 7) is 0. The molecule has 0 N–H and O–H groups in total. The Balaban J connectivity index is 2.87. The predicted molar refractivity (Wildman–Crippen MR) is 62.6 cm³/mol. The lowest BCUT2D eigenvalue weighted by Crippen LogP contribution is -2.05. The van der Waals surface area contributed by atoms with Gasteiger partial charge in [0.2, 0.25) is 0 Å². The van der Waals surface area contributed by atoms with Crippen LogP contribution >= 0.6 is 38.5 Å². The van der Waals surface area contributed by atoms with Crippen LogP contribution in [0.1, 0.15) is 5.56 Å². The summed E-state index contributed by atoms with van der Waals surface area (Å²) in [4.78, 5) is 11.0. The van der Waals surface area contributed by atoms with Crippen molar-refractivity contribution in [3.8, 4) is 0 Å². The lowest BCUT2D eigenvalue weighted by Gasteiger charge is -2.03. The molecule has 1 rings (SSSR count). The summed E-state index contributed by atoms with van der Waals surface area (Å²) in [5.74, 6) is -0.212. The molecule has 0 bridgehead atoms. The summed E-state index contributed by atoms with van der Waals surface area (Å²) in [6.07, 6.45) is 0.328. The van der Waals surface area contributed by atoms with Crippen molar-refractivity contribution >= 4 is 44.5 Å². The highest BCUT2D eigenvalue weighted by molar-refractivity contribution is 14.1. The summed E-state index contributed by atoms with van der Waals surface area (Å²) in [5, 5.41) is 0. The number of esters is 1. The number of methoxy groups -OCH3 is 1. The largest absolute Gasteiger partial charge is 0.469 e. The van der Waals surface area contributed by atoms with Crippen LogP contribution in [0.15, 0.2) is 22.7 Å². The van der Waals surface area contributed by atoms with E-state index in [1.807, 2.05) is 18.2 Å². The van der Waals surface area contributed by atoms with E-state index < -0.39 is 0 Å². The number of hydrogen-bond donors (Lipinski definition) is 0. The standard InChI is InChI=1S/C9H8BrIO2/c1-13-9(12)5-6-4-7(10)2-3-8(6)11/h2-4H,5H2,1H3.